The van der Waals surface area contributed by atoms with Gasteiger partial charge in [0.2, 0.25) is 0 Å². The lowest BCUT2D eigenvalue weighted by Crippen LogP contribution is -2.60. The highest BCUT2D eigenvalue weighted by atomic mass is 16.5. The zero-order chi connectivity index (χ0) is 16.6. The maximum Gasteiger partial charge on any atom is 0.278 e. The Morgan fingerprint density at radius 1 is 1.30 bits per heavy atom. The van der Waals surface area contributed by atoms with Crippen molar-refractivity contribution in [1.82, 2.24) is 5.32 Å². The lowest BCUT2D eigenvalue weighted by Gasteiger charge is -2.35. The van der Waals surface area contributed by atoms with E-state index in [1.165, 1.54) is 6.92 Å². The average molecular weight is 316 g/mol. The van der Waals surface area contributed by atoms with Crippen LogP contribution in [0.2, 0.25) is 0 Å². The van der Waals surface area contributed by atoms with Gasteiger partial charge in [-0.05, 0) is 63.1 Å². The SMILES string of the molecule is Cc1ccc2c(c1)NC(=O)C(C)(C(=O)NC1CCC(C)CC1)O2. The number of amides is 2. The van der Waals surface area contributed by atoms with Crippen LogP contribution in [0.4, 0.5) is 5.69 Å². The van der Waals surface area contributed by atoms with Crippen LogP contribution in [0.5, 0.6) is 5.75 Å². The number of rotatable bonds is 2. The van der Waals surface area contributed by atoms with Crippen molar-refractivity contribution in [3.8, 4) is 5.75 Å². The summed E-state index contributed by atoms with van der Waals surface area (Å²) in [7, 11) is 0. The van der Waals surface area contributed by atoms with E-state index in [1.807, 2.05) is 19.1 Å². The van der Waals surface area contributed by atoms with Crippen LogP contribution in [-0.4, -0.2) is 23.5 Å². The number of anilines is 1. The molecule has 1 aromatic rings. The molecule has 1 aromatic carbocycles. The second-order valence-corrected chi connectivity index (χ2v) is 7.02. The van der Waals surface area contributed by atoms with Gasteiger partial charge in [-0.1, -0.05) is 13.0 Å². The Morgan fingerprint density at radius 2 is 2.00 bits per heavy atom. The zero-order valence-corrected chi connectivity index (χ0v) is 13.9. The van der Waals surface area contributed by atoms with Crippen LogP contribution in [0.15, 0.2) is 18.2 Å². The summed E-state index contributed by atoms with van der Waals surface area (Å²) in [5.41, 5.74) is 0.120. The van der Waals surface area contributed by atoms with Crippen molar-refractivity contribution in [2.45, 2.75) is 58.1 Å². The molecule has 124 valence electrons. The van der Waals surface area contributed by atoms with E-state index >= 15 is 0 Å². The molecule has 0 spiro atoms. The van der Waals surface area contributed by atoms with Gasteiger partial charge in [0.15, 0.2) is 0 Å². The van der Waals surface area contributed by atoms with Crippen molar-refractivity contribution in [2.75, 3.05) is 5.32 Å². The van der Waals surface area contributed by atoms with Crippen LogP contribution >= 0.6 is 0 Å². The average Bonchev–Trinajstić information content (AvgIpc) is 2.51. The standard InChI is InChI=1S/C18H24N2O3/c1-11-4-7-13(8-5-11)19-16(21)18(3)17(22)20-14-10-12(2)6-9-15(14)23-18/h6,9-11,13H,4-5,7-8H2,1-3H3,(H,19,21)(H,20,22). The number of aryl methyl sites for hydroxylation is 1. The normalized spacial score (nSPS) is 30.0. The molecule has 2 aliphatic rings. The Labute approximate surface area is 136 Å². The molecule has 3 rings (SSSR count). The van der Waals surface area contributed by atoms with Gasteiger partial charge in [-0.3, -0.25) is 9.59 Å². The highest BCUT2D eigenvalue weighted by Gasteiger charge is 2.47. The maximum atomic E-state index is 12.7. The Kier molecular flexibility index (Phi) is 4.04. The first-order valence-electron chi connectivity index (χ1n) is 8.30. The quantitative estimate of drug-likeness (QED) is 0.825. The van der Waals surface area contributed by atoms with Crippen molar-refractivity contribution in [3.05, 3.63) is 23.8 Å². The first-order chi connectivity index (χ1) is 10.9. The molecule has 0 radical (unpaired) electrons. The van der Waals surface area contributed by atoms with Crippen molar-refractivity contribution < 1.29 is 14.3 Å². The van der Waals surface area contributed by atoms with Gasteiger partial charge in [-0.2, -0.15) is 0 Å². The monoisotopic (exact) mass is 316 g/mol. The molecule has 0 bridgehead atoms. The number of hydrogen-bond donors (Lipinski definition) is 2. The number of carbonyl (C=O) groups is 2. The number of ether oxygens (including phenoxy) is 1. The highest BCUT2D eigenvalue weighted by molar-refractivity contribution is 6.15. The predicted octanol–water partition coefficient (Wildman–Crippen LogP) is 2.78. The second kappa shape index (κ2) is 5.87. The van der Waals surface area contributed by atoms with Gasteiger partial charge in [0.1, 0.15) is 5.75 Å². The zero-order valence-electron chi connectivity index (χ0n) is 13.9. The van der Waals surface area contributed by atoms with Crippen molar-refractivity contribution in [3.63, 3.8) is 0 Å². The summed E-state index contributed by atoms with van der Waals surface area (Å²) in [6.07, 6.45) is 4.13. The Bertz CT molecular complexity index is 635. The van der Waals surface area contributed by atoms with Crippen LogP contribution in [0, 0.1) is 12.8 Å². The van der Waals surface area contributed by atoms with Crippen LogP contribution in [-0.2, 0) is 9.59 Å². The molecule has 23 heavy (non-hydrogen) atoms. The molecule has 5 nitrogen and oxygen atoms in total. The van der Waals surface area contributed by atoms with Gasteiger partial charge in [-0.15, -0.1) is 0 Å². The first-order valence-corrected chi connectivity index (χ1v) is 8.30. The fraction of sp³-hybridized carbons (Fsp3) is 0.556. The lowest BCUT2D eigenvalue weighted by molar-refractivity contribution is -0.147. The molecule has 0 saturated heterocycles. The van der Waals surface area contributed by atoms with E-state index in [0.29, 0.717) is 17.4 Å². The minimum Gasteiger partial charge on any atom is -0.466 e. The summed E-state index contributed by atoms with van der Waals surface area (Å²) in [6.45, 7) is 5.71. The van der Waals surface area contributed by atoms with E-state index in [-0.39, 0.29) is 11.9 Å². The summed E-state index contributed by atoms with van der Waals surface area (Å²) < 4.78 is 5.79. The number of carbonyl (C=O) groups excluding carboxylic acids is 2. The van der Waals surface area contributed by atoms with Crippen LogP contribution in [0.25, 0.3) is 0 Å². The fourth-order valence-electron chi connectivity index (χ4n) is 3.22. The highest BCUT2D eigenvalue weighted by Crippen LogP contribution is 2.34. The summed E-state index contributed by atoms with van der Waals surface area (Å²) in [5, 5.41) is 5.79. The van der Waals surface area contributed by atoms with Crippen molar-refractivity contribution >= 4 is 17.5 Å². The minimum absolute atomic E-state index is 0.131. The minimum atomic E-state index is -1.52. The summed E-state index contributed by atoms with van der Waals surface area (Å²) >= 11 is 0. The smallest absolute Gasteiger partial charge is 0.278 e. The third kappa shape index (κ3) is 3.05. The van der Waals surface area contributed by atoms with Crippen LogP contribution in [0.3, 0.4) is 0 Å². The fourth-order valence-corrected chi connectivity index (χ4v) is 3.22. The Hall–Kier alpha value is -2.04. The molecule has 2 N–H and O–H groups in total. The molecule has 5 heteroatoms. The summed E-state index contributed by atoms with van der Waals surface area (Å²) in [6, 6.07) is 5.66. The second-order valence-electron chi connectivity index (χ2n) is 7.02. The van der Waals surface area contributed by atoms with Gasteiger partial charge < -0.3 is 15.4 Å². The molecular weight excluding hydrogens is 292 g/mol. The molecule has 0 aromatic heterocycles. The number of fused-ring (bicyclic) bond motifs is 1. The Balaban J connectivity index is 1.74. The van der Waals surface area contributed by atoms with Gasteiger partial charge in [0.05, 0.1) is 5.69 Å². The van der Waals surface area contributed by atoms with E-state index in [2.05, 4.69) is 17.6 Å². The van der Waals surface area contributed by atoms with Gasteiger partial charge >= 0.3 is 0 Å². The lowest BCUT2D eigenvalue weighted by atomic mass is 9.87. The first kappa shape index (κ1) is 15.8. The topological polar surface area (TPSA) is 67.4 Å². The molecule has 1 saturated carbocycles. The number of benzene rings is 1. The van der Waals surface area contributed by atoms with E-state index in [4.69, 9.17) is 4.74 Å². The van der Waals surface area contributed by atoms with Crippen LogP contribution < -0.4 is 15.4 Å². The van der Waals surface area contributed by atoms with Crippen molar-refractivity contribution in [2.24, 2.45) is 5.92 Å². The summed E-state index contributed by atoms with van der Waals surface area (Å²) in [4.78, 5) is 25.1. The predicted molar refractivity (Wildman–Crippen MR) is 88.4 cm³/mol. The maximum absolute atomic E-state index is 12.7. The number of nitrogens with one attached hydrogen (secondary N) is 2. The third-order valence-corrected chi connectivity index (χ3v) is 4.92. The molecule has 1 heterocycles. The molecule has 2 amide bonds. The van der Waals surface area contributed by atoms with Gasteiger partial charge in [-0.25, -0.2) is 0 Å². The van der Waals surface area contributed by atoms with E-state index in [1.54, 1.807) is 6.07 Å². The molecule has 1 aliphatic heterocycles. The van der Waals surface area contributed by atoms with Gasteiger partial charge in [0.25, 0.3) is 17.4 Å². The van der Waals surface area contributed by atoms with E-state index in [9.17, 15) is 9.59 Å². The Morgan fingerprint density at radius 3 is 2.70 bits per heavy atom. The largest absolute Gasteiger partial charge is 0.466 e. The van der Waals surface area contributed by atoms with Crippen molar-refractivity contribution in [1.29, 1.82) is 0 Å². The van der Waals surface area contributed by atoms with Crippen LogP contribution in [0.1, 0.15) is 45.1 Å². The van der Waals surface area contributed by atoms with E-state index < -0.39 is 11.5 Å². The van der Waals surface area contributed by atoms with Gasteiger partial charge in [0, 0.05) is 6.04 Å². The third-order valence-electron chi connectivity index (χ3n) is 4.92. The molecule has 1 aliphatic carbocycles. The number of hydrogen-bond acceptors (Lipinski definition) is 3. The summed E-state index contributed by atoms with van der Waals surface area (Å²) in [5.74, 6) is 0.464. The van der Waals surface area contributed by atoms with E-state index in [0.717, 1.165) is 31.2 Å². The molecule has 1 unspecified atom stereocenters. The molecule has 1 atom stereocenters. The molecular formula is C18H24N2O3. The molecule has 1 fully saturated rings.